The minimum atomic E-state index is -0.280. The molecule has 1 amide bonds. The third kappa shape index (κ3) is 9.65. The van der Waals surface area contributed by atoms with Gasteiger partial charge in [0.2, 0.25) is 0 Å². The lowest BCUT2D eigenvalue weighted by Crippen LogP contribution is -2.15. The Hall–Kier alpha value is -0.860. The van der Waals surface area contributed by atoms with Gasteiger partial charge in [-0.2, -0.15) is 4.99 Å². The van der Waals surface area contributed by atoms with Crippen LogP contribution in [0.2, 0.25) is 0 Å². The Bertz CT molecular complexity index is 289. The molecule has 0 fully saturated rings. The lowest BCUT2D eigenvalue weighted by molar-refractivity contribution is -0.122. The summed E-state index contributed by atoms with van der Waals surface area (Å²) in [6, 6.07) is 0. The number of hydrogen-bond donors (Lipinski definition) is 0. The normalized spacial score (nSPS) is 17.4. The van der Waals surface area contributed by atoms with Crippen LogP contribution in [0.15, 0.2) is 4.99 Å². The maximum absolute atomic E-state index is 11.2. The molecule has 0 aromatic rings. The first-order chi connectivity index (χ1) is 10.3. The van der Waals surface area contributed by atoms with Gasteiger partial charge < -0.3 is 4.74 Å². The maximum Gasteiger partial charge on any atom is 0.289 e. The van der Waals surface area contributed by atoms with Crippen LogP contribution in [0.25, 0.3) is 0 Å². The van der Waals surface area contributed by atoms with Crippen LogP contribution in [0.3, 0.4) is 0 Å². The standard InChI is InChI=1S/C18H33NO2/c1-2-3-4-5-6-7-8-9-10-11-12-13-14-15-17-18(20)19-16-21-17/h16-17H,2-15H2,1H3. The summed E-state index contributed by atoms with van der Waals surface area (Å²) in [7, 11) is 0. The van der Waals surface area contributed by atoms with E-state index in [2.05, 4.69) is 11.9 Å². The highest BCUT2D eigenvalue weighted by molar-refractivity contribution is 5.91. The lowest BCUT2D eigenvalue weighted by atomic mass is 10.0. The Balaban J connectivity index is 1.72. The zero-order valence-electron chi connectivity index (χ0n) is 13.8. The van der Waals surface area contributed by atoms with Crippen LogP contribution >= 0.6 is 0 Å². The van der Waals surface area contributed by atoms with Gasteiger partial charge in [-0.1, -0.05) is 84.0 Å². The summed E-state index contributed by atoms with van der Waals surface area (Å²) >= 11 is 0. The highest BCUT2D eigenvalue weighted by atomic mass is 16.5. The number of unbranched alkanes of at least 4 members (excludes halogenated alkanes) is 12. The van der Waals surface area contributed by atoms with Gasteiger partial charge in [-0.05, 0) is 12.8 Å². The van der Waals surface area contributed by atoms with Gasteiger partial charge in [0.25, 0.3) is 5.91 Å². The number of aliphatic imine (C=N–C) groups is 1. The predicted molar refractivity (Wildman–Crippen MR) is 88.7 cm³/mol. The van der Waals surface area contributed by atoms with Gasteiger partial charge >= 0.3 is 0 Å². The first kappa shape index (κ1) is 18.2. The molecule has 0 bridgehead atoms. The molecule has 0 radical (unpaired) electrons. The zero-order valence-corrected chi connectivity index (χ0v) is 13.8. The van der Waals surface area contributed by atoms with Gasteiger partial charge in [0.15, 0.2) is 12.5 Å². The largest absolute Gasteiger partial charge is 0.470 e. The van der Waals surface area contributed by atoms with E-state index in [0.29, 0.717) is 0 Å². The molecule has 1 unspecified atom stereocenters. The zero-order chi connectivity index (χ0) is 15.2. The Morgan fingerprint density at radius 2 is 1.33 bits per heavy atom. The molecule has 0 N–H and O–H groups in total. The third-order valence-electron chi connectivity index (χ3n) is 4.25. The lowest BCUT2D eigenvalue weighted by Gasteiger charge is -2.06. The molecule has 3 heteroatoms. The van der Waals surface area contributed by atoms with Crippen molar-refractivity contribution >= 4 is 12.3 Å². The number of carbonyl (C=O) groups excluding carboxylic acids is 1. The van der Waals surface area contributed by atoms with Crippen molar-refractivity contribution < 1.29 is 9.53 Å². The molecule has 0 spiro atoms. The minimum Gasteiger partial charge on any atom is -0.470 e. The average Bonchev–Trinajstić information content (AvgIpc) is 2.89. The van der Waals surface area contributed by atoms with Gasteiger partial charge in [-0.15, -0.1) is 0 Å². The monoisotopic (exact) mass is 295 g/mol. The number of rotatable bonds is 14. The fourth-order valence-electron chi connectivity index (χ4n) is 2.84. The molecule has 0 aromatic heterocycles. The second-order valence-electron chi connectivity index (χ2n) is 6.23. The summed E-state index contributed by atoms with van der Waals surface area (Å²) in [5.41, 5.74) is 0. The topological polar surface area (TPSA) is 38.7 Å². The highest BCUT2D eigenvalue weighted by Crippen LogP contribution is 2.15. The molecule has 1 heterocycles. The first-order valence-electron chi connectivity index (χ1n) is 9.06. The van der Waals surface area contributed by atoms with E-state index < -0.39 is 0 Å². The van der Waals surface area contributed by atoms with Gasteiger partial charge in [0.05, 0.1) is 0 Å². The smallest absolute Gasteiger partial charge is 0.289 e. The number of nitrogens with zero attached hydrogens (tertiary/aromatic N) is 1. The molecule has 0 saturated carbocycles. The number of carbonyl (C=O) groups is 1. The summed E-state index contributed by atoms with van der Waals surface area (Å²) in [4.78, 5) is 14.8. The second kappa shape index (κ2) is 12.8. The summed E-state index contributed by atoms with van der Waals surface area (Å²) < 4.78 is 5.13. The van der Waals surface area contributed by atoms with E-state index in [-0.39, 0.29) is 12.0 Å². The third-order valence-corrected chi connectivity index (χ3v) is 4.25. The van der Waals surface area contributed by atoms with E-state index in [1.165, 1.54) is 83.5 Å². The molecule has 0 aromatic carbocycles. The maximum atomic E-state index is 11.2. The molecule has 21 heavy (non-hydrogen) atoms. The number of amides is 1. The molecule has 1 rings (SSSR count). The van der Waals surface area contributed by atoms with Crippen LogP contribution in [0.1, 0.15) is 96.8 Å². The summed E-state index contributed by atoms with van der Waals surface area (Å²) in [6.07, 6.45) is 19.4. The molecule has 3 nitrogen and oxygen atoms in total. The summed E-state index contributed by atoms with van der Waals surface area (Å²) in [6.45, 7) is 2.27. The van der Waals surface area contributed by atoms with Gasteiger partial charge in [-0.25, -0.2) is 0 Å². The van der Waals surface area contributed by atoms with Crippen molar-refractivity contribution in [2.75, 3.05) is 0 Å². The molecule has 1 aliphatic heterocycles. The number of hydrogen-bond acceptors (Lipinski definition) is 2. The fourth-order valence-corrected chi connectivity index (χ4v) is 2.84. The van der Waals surface area contributed by atoms with Gasteiger partial charge in [0, 0.05) is 0 Å². The number of ether oxygens (including phenoxy) is 1. The molecular weight excluding hydrogens is 262 g/mol. The van der Waals surface area contributed by atoms with Crippen molar-refractivity contribution in [3.8, 4) is 0 Å². The summed E-state index contributed by atoms with van der Waals surface area (Å²) in [5, 5.41) is 0. The van der Waals surface area contributed by atoms with Crippen LogP contribution in [-0.2, 0) is 9.53 Å². The quantitative estimate of drug-likeness (QED) is 0.401. The van der Waals surface area contributed by atoms with Crippen LogP contribution in [-0.4, -0.2) is 18.4 Å². The Kier molecular flexibility index (Phi) is 11.1. The van der Waals surface area contributed by atoms with E-state index in [1.807, 2.05) is 0 Å². The van der Waals surface area contributed by atoms with Crippen molar-refractivity contribution in [3.05, 3.63) is 0 Å². The van der Waals surface area contributed by atoms with Crippen LogP contribution in [0.5, 0.6) is 0 Å². The van der Waals surface area contributed by atoms with Crippen LogP contribution in [0, 0.1) is 0 Å². The molecule has 1 atom stereocenters. The molecule has 0 saturated heterocycles. The van der Waals surface area contributed by atoms with Crippen LogP contribution < -0.4 is 0 Å². The van der Waals surface area contributed by atoms with E-state index in [1.54, 1.807) is 0 Å². The first-order valence-corrected chi connectivity index (χ1v) is 9.06. The van der Waals surface area contributed by atoms with Crippen molar-refractivity contribution in [2.45, 2.75) is 103 Å². The van der Waals surface area contributed by atoms with Crippen molar-refractivity contribution in [1.29, 1.82) is 0 Å². The van der Waals surface area contributed by atoms with E-state index in [0.717, 1.165) is 12.8 Å². The Labute approximate surface area is 130 Å². The predicted octanol–water partition coefficient (Wildman–Crippen LogP) is 5.42. The van der Waals surface area contributed by atoms with Gasteiger partial charge in [0.1, 0.15) is 0 Å². The van der Waals surface area contributed by atoms with Crippen molar-refractivity contribution in [1.82, 2.24) is 0 Å². The van der Waals surface area contributed by atoms with E-state index in [9.17, 15) is 4.79 Å². The molecule has 1 aliphatic rings. The van der Waals surface area contributed by atoms with Crippen molar-refractivity contribution in [3.63, 3.8) is 0 Å². The molecular formula is C18H33NO2. The Morgan fingerprint density at radius 3 is 1.76 bits per heavy atom. The van der Waals surface area contributed by atoms with Crippen molar-refractivity contribution in [2.24, 2.45) is 4.99 Å². The Morgan fingerprint density at radius 1 is 0.857 bits per heavy atom. The molecule has 122 valence electrons. The second-order valence-corrected chi connectivity index (χ2v) is 6.23. The minimum absolute atomic E-state index is 0.103. The fraction of sp³-hybridized carbons (Fsp3) is 0.889. The highest BCUT2D eigenvalue weighted by Gasteiger charge is 2.21. The van der Waals surface area contributed by atoms with Crippen LogP contribution in [0.4, 0.5) is 0 Å². The SMILES string of the molecule is CCCCCCCCCCCCCCCC1OC=NC1=O. The average molecular weight is 295 g/mol. The molecule has 0 aliphatic carbocycles. The van der Waals surface area contributed by atoms with E-state index >= 15 is 0 Å². The van der Waals surface area contributed by atoms with Gasteiger partial charge in [-0.3, -0.25) is 4.79 Å². The summed E-state index contributed by atoms with van der Waals surface area (Å²) in [5.74, 6) is -0.103. The van der Waals surface area contributed by atoms with E-state index in [4.69, 9.17) is 4.74 Å².